The molecule has 90 valence electrons. The maximum Gasteiger partial charge on any atom is 0.0107 e. The van der Waals surface area contributed by atoms with Gasteiger partial charge in [-0.2, -0.15) is 0 Å². The first kappa shape index (κ1) is 13.0. The Morgan fingerprint density at radius 1 is 1.13 bits per heavy atom. The molecule has 1 saturated carbocycles. The maximum atomic E-state index is 3.73. The normalized spacial score (nSPS) is 27.2. The largest absolute Gasteiger partial charge is 0.312 e. The van der Waals surface area contributed by atoms with Gasteiger partial charge in [-0.3, -0.25) is 0 Å². The number of rotatable bonds is 6. The van der Waals surface area contributed by atoms with E-state index in [0.29, 0.717) is 0 Å². The molecular formula is C13H28N2. The summed E-state index contributed by atoms with van der Waals surface area (Å²) in [4.78, 5) is 2.49. The van der Waals surface area contributed by atoms with Crippen molar-refractivity contribution in [3.8, 4) is 0 Å². The number of nitrogens with zero attached hydrogens (tertiary/aromatic N) is 1. The molecule has 1 aliphatic rings. The minimum absolute atomic E-state index is 0.786. The van der Waals surface area contributed by atoms with Gasteiger partial charge in [0.15, 0.2) is 0 Å². The summed E-state index contributed by atoms with van der Waals surface area (Å²) in [5.74, 6) is 0.885. The van der Waals surface area contributed by atoms with Gasteiger partial charge in [-0.25, -0.2) is 0 Å². The number of nitrogens with one attached hydrogen (secondary N) is 1. The van der Waals surface area contributed by atoms with Crippen molar-refractivity contribution in [1.82, 2.24) is 10.2 Å². The van der Waals surface area contributed by atoms with Crippen LogP contribution in [0.25, 0.3) is 0 Å². The van der Waals surface area contributed by atoms with Gasteiger partial charge in [0.2, 0.25) is 0 Å². The van der Waals surface area contributed by atoms with E-state index in [1.54, 1.807) is 0 Å². The molecule has 0 bridgehead atoms. The van der Waals surface area contributed by atoms with E-state index in [0.717, 1.165) is 18.5 Å². The second-order valence-electron chi connectivity index (χ2n) is 4.85. The summed E-state index contributed by atoms with van der Waals surface area (Å²) in [6.07, 6.45) is 5.67. The fourth-order valence-corrected chi connectivity index (χ4v) is 2.57. The predicted molar refractivity (Wildman–Crippen MR) is 67.2 cm³/mol. The average molecular weight is 212 g/mol. The number of hydrogen-bond donors (Lipinski definition) is 1. The lowest BCUT2D eigenvalue weighted by molar-refractivity contribution is 0.252. The molecule has 2 atom stereocenters. The fourth-order valence-electron chi connectivity index (χ4n) is 2.57. The van der Waals surface area contributed by atoms with Crippen LogP contribution in [0.5, 0.6) is 0 Å². The van der Waals surface area contributed by atoms with Gasteiger partial charge in [-0.05, 0) is 31.8 Å². The van der Waals surface area contributed by atoms with Crippen molar-refractivity contribution in [3.63, 3.8) is 0 Å². The summed E-state index contributed by atoms with van der Waals surface area (Å²) in [5, 5.41) is 3.73. The number of hydrogen-bond acceptors (Lipinski definition) is 2. The molecule has 2 nitrogen and oxygen atoms in total. The zero-order valence-corrected chi connectivity index (χ0v) is 10.8. The molecule has 0 aromatic heterocycles. The Morgan fingerprint density at radius 2 is 1.80 bits per heavy atom. The Morgan fingerprint density at radius 3 is 2.40 bits per heavy atom. The molecular weight excluding hydrogens is 184 g/mol. The Bertz CT molecular complexity index is 155. The first-order chi connectivity index (χ1) is 7.27. The molecule has 0 saturated heterocycles. The van der Waals surface area contributed by atoms with Crippen LogP contribution >= 0.6 is 0 Å². The summed E-state index contributed by atoms with van der Waals surface area (Å²) in [5.41, 5.74) is 0. The molecule has 0 heterocycles. The Kier molecular flexibility index (Phi) is 6.26. The van der Waals surface area contributed by atoms with Gasteiger partial charge in [0, 0.05) is 19.1 Å². The average Bonchev–Trinajstić information content (AvgIpc) is 2.27. The molecule has 0 unspecified atom stereocenters. The van der Waals surface area contributed by atoms with Gasteiger partial charge in [0.25, 0.3) is 0 Å². The molecule has 0 aromatic rings. The van der Waals surface area contributed by atoms with Crippen molar-refractivity contribution in [2.45, 2.75) is 52.5 Å². The maximum absolute atomic E-state index is 3.73. The van der Waals surface area contributed by atoms with E-state index in [-0.39, 0.29) is 0 Å². The minimum atomic E-state index is 0.786. The van der Waals surface area contributed by atoms with Crippen LogP contribution in [0, 0.1) is 5.92 Å². The monoisotopic (exact) mass is 212 g/mol. The van der Waals surface area contributed by atoms with Gasteiger partial charge in [-0.1, -0.05) is 33.6 Å². The van der Waals surface area contributed by atoms with Crippen LogP contribution in [-0.2, 0) is 0 Å². The van der Waals surface area contributed by atoms with Gasteiger partial charge < -0.3 is 10.2 Å². The highest BCUT2D eigenvalue weighted by Crippen LogP contribution is 2.23. The summed E-state index contributed by atoms with van der Waals surface area (Å²) < 4.78 is 0. The smallest absolute Gasteiger partial charge is 0.0107 e. The van der Waals surface area contributed by atoms with Crippen LogP contribution in [0.15, 0.2) is 0 Å². The molecule has 1 N–H and O–H groups in total. The van der Waals surface area contributed by atoms with Crippen LogP contribution in [0.3, 0.4) is 0 Å². The number of likely N-dealkylation sites (N-methyl/N-ethyl adjacent to an activating group) is 1. The van der Waals surface area contributed by atoms with Crippen molar-refractivity contribution in [1.29, 1.82) is 0 Å². The molecule has 0 aromatic carbocycles. The van der Waals surface area contributed by atoms with Gasteiger partial charge in [-0.15, -0.1) is 0 Å². The molecule has 0 radical (unpaired) electrons. The van der Waals surface area contributed by atoms with Crippen molar-refractivity contribution in [2.24, 2.45) is 5.92 Å². The summed E-state index contributed by atoms with van der Waals surface area (Å²) >= 11 is 0. The summed E-state index contributed by atoms with van der Waals surface area (Å²) in [6, 6.07) is 0.786. The molecule has 0 amide bonds. The Labute approximate surface area is 95.4 Å². The fraction of sp³-hybridized carbons (Fsp3) is 1.00. The molecule has 1 fully saturated rings. The second-order valence-corrected chi connectivity index (χ2v) is 4.85. The molecule has 2 heteroatoms. The predicted octanol–water partition coefficient (Wildman–Crippen LogP) is 2.50. The van der Waals surface area contributed by atoms with E-state index < -0.39 is 0 Å². The summed E-state index contributed by atoms with van der Waals surface area (Å²) in [7, 11) is 0. The van der Waals surface area contributed by atoms with E-state index in [2.05, 4.69) is 31.0 Å². The standard InChI is InChI=1S/C13H28N2/c1-4-15(5-2)11-10-14-13-9-7-6-8-12(13)3/h12-14H,4-11H2,1-3H3/t12-,13+/m1/s1. The van der Waals surface area contributed by atoms with Crippen LogP contribution in [0.1, 0.15) is 46.5 Å². The SMILES string of the molecule is CCN(CC)CCN[C@H]1CCCC[C@H]1C. The Balaban J connectivity index is 2.12. The van der Waals surface area contributed by atoms with Crippen molar-refractivity contribution >= 4 is 0 Å². The first-order valence-corrected chi connectivity index (χ1v) is 6.73. The lowest BCUT2D eigenvalue weighted by atomic mass is 9.86. The first-order valence-electron chi connectivity index (χ1n) is 6.73. The van der Waals surface area contributed by atoms with Gasteiger partial charge in [0.1, 0.15) is 0 Å². The molecule has 1 rings (SSSR count). The molecule has 1 aliphatic carbocycles. The van der Waals surface area contributed by atoms with E-state index >= 15 is 0 Å². The van der Waals surface area contributed by atoms with Crippen LogP contribution < -0.4 is 5.32 Å². The van der Waals surface area contributed by atoms with Crippen LogP contribution in [-0.4, -0.2) is 37.1 Å². The van der Waals surface area contributed by atoms with Crippen molar-refractivity contribution in [3.05, 3.63) is 0 Å². The van der Waals surface area contributed by atoms with Gasteiger partial charge in [0.05, 0.1) is 0 Å². The lowest BCUT2D eigenvalue weighted by Gasteiger charge is -2.30. The van der Waals surface area contributed by atoms with Crippen LogP contribution in [0.2, 0.25) is 0 Å². The second kappa shape index (κ2) is 7.24. The zero-order chi connectivity index (χ0) is 11.1. The highest BCUT2D eigenvalue weighted by molar-refractivity contribution is 4.78. The third kappa shape index (κ3) is 4.52. The third-order valence-corrected chi connectivity index (χ3v) is 3.84. The van der Waals surface area contributed by atoms with E-state index in [1.807, 2.05) is 0 Å². The van der Waals surface area contributed by atoms with Crippen molar-refractivity contribution < 1.29 is 0 Å². The molecule has 15 heavy (non-hydrogen) atoms. The summed E-state index contributed by atoms with van der Waals surface area (Å²) in [6.45, 7) is 11.6. The van der Waals surface area contributed by atoms with E-state index in [4.69, 9.17) is 0 Å². The lowest BCUT2D eigenvalue weighted by Crippen LogP contribution is -2.41. The van der Waals surface area contributed by atoms with Crippen molar-refractivity contribution in [2.75, 3.05) is 26.2 Å². The highest BCUT2D eigenvalue weighted by atomic mass is 15.1. The molecule has 0 aliphatic heterocycles. The topological polar surface area (TPSA) is 15.3 Å². The van der Waals surface area contributed by atoms with E-state index in [9.17, 15) is 0 Å². The van der Waals surface area contributed by atoms with E-state index in [1.165, 1.54) is 45.3 Å². The third-order valence-electron chi connectivity index (χ3n) is 3.84. The zero-order valence-electron chi connectivity index (χ0n) is 10.8. The van der Waals surface area contributed by atoms with Crippen LogP contribution in [0.4, 0.5) is 0 Å². The quantitative estimate of drug-likeness (QED) is 0.728. The Hall–Kier alpha value is -0.0800. The highest BCUT2D eigenvalue weighted by Gasteiger charge is 2.20. The van der Waals surface area contributed by atoms with Gasteiger partial charge >= 0.3 is 0 Å². The minimum Gasteiger partial charge on any atom is -0.312 e. The molecule has 0 spiro atoms.